The van der Waals surface area contributed by atoms with E-state index in [1.807, 2.05) is 30.3 Å². The van der Waals surface area contributed by atoms with E-state index in [9.17, 15) is 4.79 Å². The Bertz CT molecular complexity index is 370. The van der Waals surface area contributed by atoms with Gasteiger partial charge in [0.2, 0.25) is 0 Å². The molecule has 0 aromatic heterocycles. The third-order valence-corrected chi connectivity index (χ3v) is 2.29. The highest BCUT2D eigenvalue weighted by Crippen LogP contribution is 2.11. The van der Waals surface area contributed by atoms with Gasteiger partial charge in [-0.25, -0.2) is 4.79 Å². The van der Waals surface area contributed by atoms with Crippen LogP contribution in [0.2, 0.25) is 0 Å². The molecule has 1 saturated heterocycles. The van der Waals surface area contributed by atoms with E-state index >= 15 is 0 Å². The van der Waals surface area contributed by atoms with Crippen molar-refractivity contribution >= 4 is 5.97 Å². The summed E-state index contributed by atoms with van der Waals surface area (Å²) in [4.78, 5) is 11.1. The first-order chi connectivity index (χ1) is 7.36. The van der Waals surface area contributed by atoms with Crippen molar-refractivity contribution in [1.29, 1.82) is 0 Å². The monoisotopic (exact) mass is 203 g/mol. The average molecular weight is 203 g/mol. The van der Waals surface area contributed by atoms with Crippen molar-refractivity contribution in [2.24, 2.45) is 0 Å². The fraction of sp³-hybridized carbons (Fsp3) is 0.250. The van der Waals surface area contributed by atoms with Crippen LogP contribution in [-0.4, -0.2) is 12.6 Å². The number of ether oxygens (including phenoxy) is 1. The minimum Gasteiger partial charge on any atom is -0.462 e. The third kappa shape index (κ3) is 2.59. The number of carbonyl (C=O) groups is 1. The summed E-state index contributed by atoms with van der Waals surface area (Å²) in [6.45, 7) is 1.25. The first-order valence-corrected chi connectivity index (χ1v) is 5.00. The van der Waals surface area contributed by atoms with Gasteiger partial charge in [-0.2, -0.15) is 0 Å². The smallest absolute Gasteiger partial charge is 0.335 e. The lowest BCUT2D eigenvalue weighted by molar-refractivity contribution is -0.135. The van der Waals surface area contributed by atoms with E-state index in [-0.39, 0.29) is 5.97 Å². The molecule has 78 valence electrons. The fourth-order valence-electron chi connectivity index (χ4n) is 1.47. The molecule has 1 aliphatic rings. The van der Waals surface area contributed by atoms with Crippen LogP contribution in [0.1, 0.15) is 12.0 Å². The van der Waals surface area contributed by atoms with Gasteiger partial charge in [0.25, 0.3) is 0 Å². The van der Waals surface area contributed by atoms with Gasteiger partial charge < -0.3 is 10.1 Å². The molecular formula is C12H13NO2. The van der Waals surface area contributed by atoms with Crippen LogP contribution in [0.3, 0.4) is 0 Å². The minimum atomic E-state index is -0.199. The van der Waals surface area contributed by atoms with Crippen molar-refractivity contribution in [2.45, 2.75) is 13.0 Å². The Kier molecular flexibility index (Phi) is 3.02. The van der Waals surface area contributed by atoms with E-state index in [4.69, 9.17) is 4.74 Å². The van der Waals surface area contributed by atoms with E-state index in [0.29, 0.717) is 13.0 Å². The number of hydrogen-bond donors (Lipinski definition) is 1. The molecule has 0 bridgehead atoms. The van der Waals surface area contributed by atoms with Gasteiger partial charge >= 0.3 is 5.97 Å². The average Bonchev–Trinajstić information content (AvgIpc) is 2.66. The maximum atomic E-state index is 11.1. The summed E-state index contributed by atoms with van der Waals surface area (Å²) in [6, 6.07) is 10.1. The summed E-state index contributed by atoms with van der Waals surface area (Å²) < 4.78 is 4.82. The standard InChI is InChI=1S/C12H13NO2/c14-12-11(6-7-15-12)9-13-8-10-4-2-1-3-5-10/h1-5,9,13H,6-8H2/b11-9+. The molecule has 1 aliphatic heterocycles. The Morgan fingerprint density at radius 1 is 1.33 bits per heavy atom. The molecule has 0 aliphatic carbocycles. The molecule has 1 heterocycles. The zero-order valence-electron chi connectivity index (χ0n) is 8.40. The number of rotatable bonds is 3. The van der Waals surface area contributed by atoms with Crippen LogP contribution in [0.25, 0.3) is 0 Å². The van der Waals surface area contributed by atoms with Gasteiger partial charge in [-0.05, 0) is 5.56 Å². The third-order valence-electron chi connectivity index (χ3n) is 2.29. The highest BCUT2D eigenvalue weighted by atomic mass is 16.5. The van der Waals surface area contributed by atoms with E-state index in [2.05, 4.69) is 5.32 Å². The molecule has 0 amide bonds. The second-order valence-corrected chi connectivity index (χ2v) is 3.42. The van der Waals surface area contributed by atoms with Gasteiger partial charge in [0, 0.05) is 19.2 Å². The first kappa shape index (κ1) is 9.77. The molecule has 0 atom stereocenters. The lowest BCUT2D eigenvalue weighted by Gasteiger charge is -2.01. The van der Waals surface area contributed by atoms with Crippen molar-refractivity contribution in [3.8, 4) is 0 Å². The number of cyclic esters (lactones) is 1. The van der Waals surface area contributed by atoms with Crippen LogP contribution in [0, 0.1) is 0 Å². The van der Waals surface area contributed by atoms with Crippen molar-refractivity contribution in [2.75, 3.05) is 6.61 Å². The molecule has 15 heavy (non-hydrogen) atoms. The molecule has 1 fully saturated rings. The van der Waals surface area contributed by atoms with E-state index in [0.717, 1.165) is 12.1 Å². The molecular weight excluding hydrogens is 190 g/mol. The SMILES string of the molecule is O=C1OCC/C1=C\NCc1ccccc1. The molecule has 1 aromatic carbocycles. The lowest BCUT2D eigenvalue weighted by Crippen LogP contribution is -2.07. The van der Waals surface area contributed by atoms with Gasteiger partial charge in [0.15, 0.2) is 0 Å². The number of carbonyl (C=O) groups excluding carboxylic acids is 1. The van der Waals surface area contributed by atoms with Crippen molar-refractivity contribution in [3.63, 3.8) is 0 Å². The predicted octanol–water partition coefficient (Wildman–Crippen LogP) is 1.61. The van der Waals surface area contributed by atoms with Crippen LogP contribution >= 0.6 is 0 Å². The number of hydrogen-bond acceptors (Lipinski definition) is 3. The summed E-state index contributed by atoms with van der Waals surface area (Å²) in [7, 11) is 0. The molecule has 1 N–H and O–H groups in total. The van der Waals surface area contributed by atoms with Crippen molar-refractivity contribution in [1.82, 2.24) is 5.32 Å². The first-order valence-electron chi connectivity index (χ1n) is 5.00. The summed E-state index contributed by atoms with van der Waals surface area (Å²) in [5, 5.41) is 3.11. The molecule has 0 unspecified atom stereocenters. The molecule has 3 nitrogen and oxygen atoms in total. The van der Waals surface area contributed by atoms with E-state index < -0.39 is 0 Å². The summed E-state index contributed by atoms with van der Waals surface area (Å²) >= 11 is 0. The topological polar surface area (TPSA) is 38.3 Å². The minimum absolute atomic E-state index is 0.199. The van der Waals surface area contributed by atoms with Crippen LogP contribution in [-0.2, 0) is 16.1 Å². The highest BCUT2D eigenvalue weighted by molar-refractivity contribution is 5.90. The molecule has 2 rings (SSSR count). The quantitative estimate of drug-likeness (QED) is 0.599. The zero-order valence-corrected chi connectivity index (χ0v) is 8.40. The number of benzene rings is 1. The molecule has 3 heteroatoms. The van der Waals surface area contributed by atoms with Gasteiger partial charge in [0.1, 0.15) is 0 Å². The lowest BCUT2D eigenvalue weighted by atomic mass is 10.2. The van der Waals surface area contributed by atoms with Crippen molar-refractivity contribution in [3.05, 3.63) is 47.7 Å². The Labute approximate surface area is 88.8 Å². The van der Waals surface area contributed by atoms with Crippen molar-refractivity contribution < 1.29 is 9.53 Å². The largest absolute Gasteiger partial charge is 0.462 e. The zero-order chi connectivity index (χ0) is 10.5. The van der Waals surface area contributed by atoms with Crippen LogP contribution in [0.5, 0.6) is 0 Å². The fourth-order valence-corrected chi connectivity index (χ4v) is 1.47. The van der Waals surface area contributed by atoms with Gasteiger partial charge in [0.05, 0.1) is 12.2 Å². The summed E-state index contributed by atoms with van der Waals surface area (Å²) in [5.41, 5.74) is 1.92. The van der Waals surface area contributed by atoms with Crippen LogP contribution < -0.4 is 5.32 Å². The van der Waals surface area contributed by atoms with Crippen LogP contribution in [0.4, 0.5) is 0 Å². The normalized spacial score (nSPS) is 17.9. The molecule has 0 radical (unpaired) electrons. The van der Waals surface area contributed by atoms with Gasteiger partial charge in [-0.1, -0.05) is 30.3 Å². The Hall–Kier alpha value is -1.77. The molecule has 0 saturated carbocycles. The summed E-state index contributed by atoms with van der Waals surface area (Å²) in [6.07, 6.45) is 2.46. The molecule has 1 aromatic rings. The van der Waals surface area contributed by atoms with E-state index in [1.165, 1.54) is 5.56 Å². The molecule has 0 spiro atoms. The Balaban J connectivity index is 1.87. The highest BCUT2D eigenvalue weighted by Gasteiger charge is 2.17. The Morgan fingerprint density at radius 3 is 2.80 bits per heavy atom. The van der Waals surface area contributed by atoms with Crippen LogP contribution in [0.15, 0.2) is 42.1 Å². The maximum absolute atomic E-state index is 11.1. The maximum Gasteiger partial charge on any atom is 0.335 e. The number of esters is 1. The van der Waals surface area contributed by atoms with E-state index in [1.54, 1.807) is 6.20 Å². The predicted molar refractivity (Wildman–Crippen MR) is 56.9 cm³/mol. The second kappa shape index (κ2) is 4.64. The second-order valence-electron chi connectivity index (χ2n) is 3.42. The summed E-state index contributed by atoms with van der Waals surface area (Å²) in [5.74, 6) is -0.199. The Morgan fingerprint density at radius 2 is 2.13 bits per heavy atom. The van der Waals surface area contributed by atoms with Gasteiger partial charge in [-0.15, -0.1) is 0 Å². The van der Waals surface area contributed by atoms with Gasteiger partial charge in [-0.3, -0.25) is 0 Å². The number of nitrogens with one attached hydrogen (secondary N) is 1.